The fourth-order valence-electron chi connectivity index (χ4n) is 5.21. The van der Waals surface area contributed by atoms with E-state index in [9.17, 15) is 28.7 Å². The van der Waals surface area contributed by atoms with Gasteiger partial charge in [0.15, 0.2) is 0 Å². The fourth-order valence-corrected chi connectivity index (χ4v) is 5.21. The maximum Gasteiger partial charge on any atom is 0.411 e. The highest BCUT2D eigenvalue weighted by atomic mass is 19.1. The van der Waals surface area contributed by atoms with Gasteiger partial charge in [0.25, 0.3) is 0 Å². The summed E-state index contributed by atoms with van der Waals surface area (Å²) in [4.78, 5) is 51.7. The molecule has 0 spiro atoms. The van der Waals surface area contributed by atoms with Crippen molar-refractivity contribution in [2.24, 2.45) is 0 Å². The Kier molecular flexibility index (Phi) is 12.2. The Bertz CT molecular complexity index is 1290. The van der Waals surface area contributed by atoms with Gasteiger partial charge in [0.2, 0.25) is 0 Å². The van der Waals surface area contributed by atoms with Crippen LogP contribution < -0.4 is 0 Å². The molecule has 2 aromatic carbocycles. The van der Waals surface area contributed by atoms with E-state index in [1.54, 1.807) is 48.5 Å². The lowest BCUT2D eigenvalue weighted by Gasteiger charge is -2.27. The van der Waals surface area contributed by atoms with Crippen LogP contribution >= 0.6 is 0 Å². The van der Waals surface area contributed by atoms with Gasteiger partial charge in [-0.15, -0.1) is 0 Å². The van der Waals surface area contributed by atoms with Crippen LogP contribution in [-0.4, -0.2) is 86.7 Å². The standard InChI is InChI=1S/C18H24FNO4.C18H25NO5/c1-17(2,3)24-16(22)20-12-18(4,19)10-14(20)15(21)23-11-13-8-6-5-7-9-13;1-17(2,3)24-16(21)19-12-18(4,22)10-14(19)15(20)23-11-13-8-6-5-7-9-13/h5-9,14H,10-12H2,1-4H3;5-9,14,22H,10-12H2,1-4H3/t14-,18+;14-,18?/m00/s1. The van der Waals surface area contributed by atoms with E-state index in [-0.39, 0.29) is 39.1 Å². The molecule has 1 N–H and O–H groups in total. The molecule has 0 saturated carbocycles. The summed E-state index contributed by atoms with van der Waals surface area (Å²) in [5.41, 5.74) is -2.50. The van der Waals surface area contributed by atoms with Crippen molar-refractivity contribution in [3.05, 3.63) is 71.8 Å². The SMILES string of the molecule is CC(C)(C)OC(=O)N1C[C@](C)(F)C[C@H]1C(=O)OCc1ccccc1.CC1(O)C[C@@H](C(=O)OCc2ccccc2)N(C(=O)OC(C)(C)C)C1. The van der Waals surface area contributed by atoms with Crippen LogP contribution in [0.5, 0.6) is 0 Å². The zero-order chi connectivity index (χ0) is 35.9. The molecule has 2 aliphatic heterocycles. The third-order valence-electron chi connectivity index (χ3n) is 7.26. The summed E-state index contributed by atoms with van der Waals surface area (Å²) in [5.74, 6) is -1.16. The molecule has 0 radical (unpaired) electrons. The van der Waals surface area contributed by atoms with Crippen LogP contribution in [0.3, 0.4) is 0 Å². The number of halogens is 1. The number of rotatable bonds is 6. The zero-order valence-corrected chi connectivity index (χ0v) is 29.2. The summed E-state index contributed by atoms with van der Waals surface area (Å²) in [6.07, 6.45) is -1.30. The molecule has 4 atom stereocenters. The summed E-state index contributed by atoms with van der Waals surface area (Å²) in [6, 6.07) is 16.7. The van der Waals surface area contributed by atoms with Gasteiger partial charge in [-0.1, -0.05) is 60.7 Å². The van der Waals surface area contributed by atoms with Crippen molar-refractivity contribution < 1.29 is 47.6 Å². The molecule has 4 rings (SSSR count). The minimum atomic E-state index is -1.65. The van der Waals surface area contributed by atoms with Gasteiger partial charge >= 0.3 is 24.1 Å². The van der Waals surface area contributed by atoms with Gasteiger partial charge in [0, 0.05) is 12.8 Å². The lowest BCUT2D eigenvalue weighted by molar-refractivity contribution is -0.151. The molecule has 2 heterocycles. The minimum absolute atomic E-state index is 0.0347. The molecule has 2 aliphatic rings. The molecule has 12 heteroatoms. The number of β-amino-alcohol motifs (C(OH)–C–C–N with tert-alkyl or cyclic N) is 1. The smallest absolute Gasteiger partial charge is 0.411 e. The Morgan fingerprint density at radius 1 is 0.708 bits per heavy atom. The first-order valence-electron chi connectivity index (χ1n) is 16.0. The molecule has 48 heavy (non-hydrogen) atoms. The van der Waals surface area contributed by atoms with E-state index in [1.807, 2.05) is 60.7 Å². The number of likely N-dealkylation sites (tertiary alicyclic amines) is 2. The topological polar surface area (TPSA) is 132 Å². The quantitative estimate of drug-likeness (QED) is 0.292. The number of amides is 2. The zero-order valence-electron chi connectivity index (χ0n) is 29.2. The van der Waals surface area contributed by atoms with Gasteiger partial charge < -0.3 is 24.1 Å². The highest BCUT2D eigenvalue weighted by Gasteiger charge is 2.49. The highest BCUT2D eigenvalue weighted by Crippen LogP contribution is 2.33. The largest absolute Gasteiger partial charge is 0.459 e. The number of aliphatic hydroxyl groups is 1. The molecule has 11 nitrogen and oxygen atoms in total. The monoisotopic (exact) mass is 672 g/mol. The number of hydrogen-bond acceptors (Lipinski definition) is 9. The molecule has 264 valence electrons. The van der Waals surface area contributed by atoms with Gasteiger partial charge in [-0.05, 0) is 66.5 Å². The Hall–Kier alpha value is -4.19. The summed E-state index contributed by atoms with van der Waals surface area (Å²) >= 11 is 0. The Labute approximate surface area is 282 Å². The lowest BCUT2D eigenvalue weighted by atomic mass is 10.0. The molecule has 0 aromatic heterocycles. The Balaban J connectivity index is 0.000000260. The normalized spacial score (nSPS) is 23.9. The van der Waals surface area contributed by atoms with E-state index in [2.05, 4.69) is 0 Å². The Morgan fingerprint density at radius 2 is 1.08 bits per heavy atom. The highest BCUT2D eigenvalue weighted by molar-refractivity contribution is 5.83. The Morgan fingerprint density at radius 3 is 1.48 bits per heavy atom. The number of nitrogens with zero attached hydrogens (tertiary/aromatic N) is 2. The van der Waals surface area contributed by atoms with Crippen LogP contribution in [0.2, 0.25) is 0 Å². The summed E-state index contributed by atoms with van der Waals surface area (Å²) in [6.45, 7) is 13.4. The summed E-state index contributed by atoms with van der Waals surface area (Å²) in [7, 11) is 0. The second kappa shape index (κ2) is 15.4. The molecule has 2 aromatic rings. The third kappa shape index (κ3) is 12.1. The van der Waals surface area contributed by atoms with E-state index < -0.39 is 58.7 Å². The van der Waals surface area contributed by atoms with E-state index in [4.69, 9.17) is 18.9 Å². The first-order chi connectivity index (χ1) is 22.1. The first kappa shape index (κ1) is 38.3. The van der Waals surface area contributed by atoms with Gasteiger partial charge in [-0.2, -0.15) is 0 Å². The van der Waals surface area contributed by atoms with Crippen molar-refractivity contribution in [3.63, 3.8) is 0 Å². The van der Waals surface area contributed by atoms with Crippen molar-refractivity contribution >= 4 is 24.1 Å². The van der Waals surface area contributed by atoms with Crippen molar-refractivity contribution in [2.45, 2.75) is 116 Å². The molecular weight excluding hydrogens is 623 g/mol. The van der Waals surface area contributed by atoms with E-state index in [0.29, 0.717) is 0 Å². The summed E-state index contributed by atoms with van der Waals surface area (Å²) < 4.78 is 35.5. The van der Waals surface area contributed by atoms with Gasteiger partial charge in [0.1, 0.15) is 42.2 Å². The predicted octanol–water partition coefficient (Wildman–Crippen LogP) is 5.96. The van der Waals surface area contributed by atoms with Crippen LogP contribution in [0.25, 0.3) is 0 Å². The van der Waals surface area contributed by atoms with Crippen molar-refractivity contribution in [3.8, 4) is 0 Å². The minimum Gasteiger partial charge on any atom is -0.459 e. The lowest BCUT2D eigenvalue weighted by Crippen LogP contribution is -2.44. The van der Waals surface area contributed by atoms with E-state index >= 15 is 0 Å². The van der Waals surface area contributed by atoms with E-state index in [1.165, 1.54) is 11.8 Å². The van der Waals surface area contributed by atoms with E-state index in [0.717, 1.165) is 16.0 Å². The number of alkyl halides is 1. The van der Waals surface area contributed by atoms with Gasteiger partial charge in [0.05, 0.1) is 18.7 Å². The average molecular weight is 673 g/mol. The molecule has 2 amide bonds. The van der Waals surface area contributed by atoms with Gasteiger partial charge in [-0.3, -0.25) is 9.80 Å². The number of carbonyl (C=O) groups is 4. The fraction of sp³-hybridized carbons (Fsp3) is 0.556. The molecule has 0 bridgehead atoms. The van der Waals surface area contributed by atoms with Crippen LogP contribution in [0, 0.1) is 0 Å². The number of ether oxygens (including phenoxy) is 4. The number of benzene rings is 2. The van der Waals surface area contributed by atoms with Crippen molar-refractivity contribution in [2.75, 3.05) is 13.1 Å². The summed E-state index contributed by atoms with van der Waals surface area (Å²) in [5, 5.41) is 10.3. The average Bonchev–Trinajstić information content (AvgIpc) is 3.49. The number of hydrogen-bond donors (Lipinski definition) is 1. The number of carbonyl (C=O) groups excluding carboxylic acids is 4. The van der Waals surface area contributed by atoms with Crippen molar-refractivity contribution in [1.29, 1.82) is 0 Å². The molecule has 2 saturated heterocycles. The molecule has 2 fully saturated rings. The second-order valence-electron chi connectivity index (χ2n) is 14.8. The first-order valence-corrected chi connectivity index (χ1v) is 16.0. The molecular formula is C36H49FN2O9. The second-order valence-corrected chi connectivity index (χ2v) is 14.8. The maximum atomic E-state index is 14.4. The molecule has 0 aliphatic carbocycles. The van der Waals surface area contributed by atoms with Gasteiger partial charge in [-0.25, -0.2) is 23.6 Å². The predicted molar refractivity (Wildman–Crippen MR) is 175 cm³/mol. The van der Waals surface area contributed by atoms with Crippen LogP contribution in [0.4, 0.5) is 14.0 Å². The van der Waals surface area contributed by atoms with Crippen LogP contribution in [-0.2, 0) is 41.8 Å². The van der Waals surface area contributed by atoms with Crippen LogP contribution in [0.15, 0.2) is 60.7 Å². The number of esters is 2. The van der Waals surface area contributed by atoms with Crippen LogP contribution in [0.1, 0.15) is 79.4 Å². The third-order valence-corrected chi connectivity index (χ3v) is 7.26. The van der Waals surface area contributed by atoms with Crippen molar-refractivity contribution in [1.82, 2.24) is 9.80 Å². The maximum absolute atomic E-state index is 14.4. The molecule has 1 unspecified atom stereocenters.